The smallest absolute Gasteiger partial charge is 0.315 e. The van der Waals surface area contributed by atoms with Crippen LogP contribution in [0.4, 0.5) is 4.79 Å². The summed E-state index contributed by atoms with van der Waals surface area (Å²) in [5.41, 5.74) is 2.43. The van der Waals surface area contributed by atoms with Crippen molar-refractivity contribution in [3.8, 4) is 11.5 Å². The third kappa shape index (κ3) is 3.93. The van der Waals surface area contributed by atoms with Crippen molar-refractivity contribution in [2.24, 2.45) is 5.92 Å². The van der Waals surface area contributed by atoms with Gasteiger partial charge in [0.25, 0.3) is 0 Å². The first kappa shape index (κ1) is 18.7. The van der Waals surface area contributed by atoms with Crippen LogP contribution >= 0.6 is 0 Å². The lowest BCUT2D eigenvalue weighted by Crippen LogP contribution is -2.42. The van der Waals surface area contributed by atoms with Gasteiger partial charge in [-0.2, -0.15) is 0 Å². The Labute approximate surface area is 166 Å². The van der Waals surface area contributed by atoms with Crippen molar-refractivity contribution in [2.45, 2.75) is 38.1 Å². The minimum atomic E-state index is -0.129. The predicted octanol–water partition coefficient (Wildman–Crippen LogP) is 4.19. The van der Waals surface area contributed by atoms with E-state index in [4.69, 9.17) is 9.47 Å². The molecule has 1 aliphatic carbocycles. The van der Waals surface area contributed by atoms with Crippen LogP contribution in [0.25, 0.3) is 0 Å². The van der Waals surface area contributed by atoms with E-state index in [9.17, 15) is 4.79 Å². The summed E-state index contributed by atoms with van der Waals surface area (Å²) >= 11 is 0. The van der Waals surface area contributed by atoms with E-state index in [1.54, 1.807) is 0 Å². The van der Waals surface area contributed by atoms with Gasteiger partial charge in [0.15, 0.2) is 11.5 Å². The van der Waals surface area contributed by atoms with Crippen molar-refractivity contribution in [3.63, 3.8) is 0 Å². The standard InChI is InChI=1S/C23H28N2O3/c1-16(2)21(17-8-9-19-20(14-17)28-13-12-27-19)25-22(26)24-15-23(10-11-23)18-6-4-3-5-7-18/h3-9,14,16,21H,10-13,15H2,1-2H3,(H2,24,25,26)/t21-/m1/s1. The molecule has 5 heteroatoms. The zero-order valence-electron chi connectivity index (χ0n) is 16.5. The van der Waals surface area contributed by atoms with Crippen molar-refractivity contribution in [1.29, 1.82) is 0 Å². The van der Waals surface area contributed by atoms with E-state index in [1.807, 2.05) is 24.3 Å². The van der Waals surface area contributed by atoms with Crippen LogP contribution in [0.5, 0.6) is 11.5 Å². The Morgan fingerprint density at radius 1 is 1.04 bits per heavy atom. The molecular weight excluding hydrogens is 352 g/mol. The van der Waals surface area contributed by atoms with E-state index in [0.717, 1.165) is 29.9 Å². The molecule has 2 aromatic rings. The minimum absolute atomic E-state index is 0.0947. The lowest BCUT2D eigenvalue weighted by atomic mass is 9.95. The van der Waals surface area contributed by atoms with E-state index in [-0.39, 0.29) is 23.4 Å². The fourth-order valence-electron chi connectivity index (χ4n) is 3.84. The van der Waals surface area contributed by atoms with E-state index in [1.165, 1.54) is 5.56 Å². The summed E-state index contributed by atoms with van der Waals surface area (Å²) in [4.78, 5) is 12.6. The summed E-state index contributed by atoms with van der Waals surface area (Å²) in [6.45, 7) is 6.00. The molecule has 2 amide bonds. The molecule has 1 atom stereocenters. The molecule has 1 fully saturated rings. The van der Waals surface area contributed by atoms with Gasteiger partial charge in [-0.25, -0.2) is 4.79 Å². The molecule has 148 valence electrons. The molecule has 2 N–H and O–H groups in total. The summed E-state index contributed by atoms with van der Waals surface area (Å²) in [5.74, 6) is 1.76. The van der Waals surface area contributed by atoms with Gasteiger partial charge in [0.2, 0.25) is 0 Å². The minimum Gasteiger partial charge on any atom is -0.486 e. The number of hydrogen-bond acceptors (Lipinski definition) is 3. The highest BCUT2D eigenvalue weighted by atomic mass is 16.6. The Morgan fingerprint density at radius 2 is 1.75 bits per heavy atom. The second-order valence-corrected chi connectivity index (χ2v) is 8.10. The van der Waals surface area contributed by atoms with Crippen LogP contribution in [0.15, 0.2) is 48.5 Å². The molecule has 1 saturated carbocycles. The average Bonchev–Trinajstić information content (AvgIpc) is 3.52. The van der Waals surface area contributed by atoms with Gasteiger partial charge in [-0.3, -0.25) is 0 Å². The summed E-state index contributed by atoms with van der Waals surface area (Å²) in [6, 6.07) is 16.1. The van der Waals surface area contributed by atoms with Gasteiger partial charge in [0.1, 0.15) is 13.2 Å². The summed E-state index contributed by atoms with van der Waals surface area (Å²) in [5, 5.41) is 6.24. The first-order valence-corrected chi connectivity index (χ1v) is 10.1. The number of fused-ring (bicyclic) bond motifs is 1. The number of benzene rings is 2. The molecule has 1 heterocycles. The molecule has 5 nitrogen and oxygen atoms in total. The quantitative estimate of drug-likeness (QED) is 0.790. The van der Waals surface area contributed by atoms with Gasteiger partial charge in [0, 0.05) is 12.0 Å². The monoisotopic (exact) mass is 380 g/mol. The first-order chi connectivity index (χ1) is 13.6. The van der Waals surface area contributed by atoms with Crippen LogP contribution in [0, 0.1) is 5.92 Å². The second kappa shape index (κ2) is 7.74. The van der Waals surface area contributed by atoms with Crippen LogP contribution in [0.2, 0.25) is 0 Å². The number of carbonyl (C=O) groups is 1. The summed E-state index contributed by atoms with van der Waals surface area (Å²) in [6.07, 6.45) is 2.24. The van der Waals surface area contributed by atoms with Gasteiger partial charge in [0.05, 0.1) is 6.04 Å². The van der Waals surface area contributed by atoms with Crippen molar-refractivity contribution in [2.75, 3.05) is 19.8 Å². The highest BCUT2D eigenvalue weighted by Crippen LogP contribution is 2.47. The molecule has 2 aromatic carbocycles. The molecule has 4 rings (SSSR count). The number of carbonyl (C=O) groups excluding carboxylic acids is 1. The third-order valence-electron chi connectivity index (χ3n) is 5.71. The normalized spacial score (nSPS) is 17.7. The number of hydrogen-bond donors (Lipinski definition) is 2. The van der Waals surface area contributed by atoms with Crippen molar-refractivity contribution in [3.05, 3.63) is 59.7 Å². The van der Waals surface area contributed by atoms with Gasteiger partial charge in [-0.05, 0) is 42.0 Å². The number of rotatable bonds is 6. The highest BCUT2D eigenvalue weighted by molar-refractivity contribution is 5.74. The molecule has 0 bridgehead atoms. The van der Waals surface area contributed by atoms with Crippen molar-refractivity contribution < 1.29 is 14.3 Å². The maximum absolute atomic E-state index is 12.6. The van der Waals surface area contributed by atoms with Crippen molar-refractivity contribution in [1.82, 2.24) is 10.6 Å². The lowest BCUT2D eigenvalue weighted by molar-refractivity contribution is 0.171. The maximum atomic E-state index is 12.6. The van der Waals surface area contributed by atoms with Gasteiger partial charge >= 0.3 is 6.03 Å². The van der Waals surface area contributed by atoms with Crippen molar-refractivity contribution >= 4 is 6.03 Å². The first-order valence-electron chi connectivity index (χ1n) is 10.1. The molecular formula is C23H28N2O3. The third-order valence-corrected chi connectivity index (χ3v) is 5.71. The summed E-state index contributed by atoms with van der Waals surface area (Å²) in [7, 11) is 0. The Kier molecular flexibility index (Phi) is 5.16. The topological polar surface area (TPSA) is 59.6 Å². The predicted molar refractivity (Wildman–Crippen MR) is 109 cm³/mol. The van der Waals surface area contributed by atoms with E-state index >= 15 is 0 Å². The fraction of sp³-hybridized carbons (Fsp3) is 0.435. The van der Waals surface area contributed by atoms with Gasteiger partial charge in [-0.1, -0.05) is 50.2 Å². The number of ether oxygens (including phenoxy) is 2. The Balaban J connectivity index is 1.40. The SMILES string of the molecule is CC(C)[C@@H](NC(=O)NCC1(c2ccccc2)CC1)c1ccc2c(c1)OCCO2. The molecule has 1 aliphatic heterocycles. The molecule has 28 heavy (non-hydrogen) atoms. The zero-order valence-corrected chi connectivity index (χ0v) is 16.5. The Bertz CT molecular complexity index is 831. The second-order valence-electron chi connectivity index (χ2n) is 8.10. The Morgan fingerprint density at radius 3 is 2.43 bits per heavy atom. The van der Waals surface area contributed by atoms with Crippen LogP contribution in [-0.2, 0) is 5.41 Å². The van der Waals surface area contributed by atoms with Gasteiger partial charge in [-0.15, -0.1) is 0 Å². The van der Waals surface area contributed by atoms with Gasteiger partial charge < -0.3 is 20.1 Å². The van der Waals surface area contributed by atoms with E-state index in [2.05, 4.69) is 48.7 Å². The van der Waals surface area contributed by atoms with Crippen LogP contribution in [0.1, 0.15) is 43.9 Å². The highest BCUT2D eigenvalue weighted by Gasteiger charge is 2.44. The molecule has 2 aliphatic rings. The fourth-order valence-corrected chi connectivity index (χ4v) is 3.84. The number of urea groups is 1. The number of nitrogens with one attached hydrogen (secondary N) is 2. The molecule has 0 radical (unpaired) electrons. The molecule has 0 spiro atoms. The summed E-state index contributed by atoms with van der Waals surface area (Å²) < 4.78 is 11.3. The number of amides is 2. The molecule has 0 unspecified atom stereocenters. The van der Waals surface area contributed by atoms with E-state index in [0.29, 0.717) is 19.8 Å². The molecule has 0 aromatic heterocycles. The maximum Gasteiger partial charge on any atom is 0.315 e. The van der Waals surface area contributed by atoms with E-state index < -0.39 is 0 Å². The molecule has 0 saturated heterocycles. The lowest BCUT2D eigenvalue weighted by Gasteiger charge is -2.26. The largest absolute Gasteiger partial charge is 0.486 e. The van der Waals surface area contributed by atoms with Crippen LogP contribution in [0.3, 0.4) is 0 Å². The zero-order chi connectivity index (χ0) is 19.6. The average molecular weight is 380 g/mol. The Hall–Kier alpha value is -2.69. The van der Waals surface area contributed by atoms with Crippen LogP contribution < -0.4 is 20.1 Å². The van der Waals surface area contributed by atoms with Crippen LogP contribution in [-0.4, -0.2) is 25.8 Å².